The number of halogens is 3. The van der Waals surface area contributed by atoms with E-state index in [1.807, 2.05) is 0 Å². The number of ether oxygens (including phenoxy) is 2. The molecular weight excluding hydrogens is 442 g/mol. The molecule has 0 fully saturated rings. The Morgan fingerprint density at radius 2 is 1.97 bits per heavy atom. The Labute approximate surface area is 181 Å². The molecule has 11 heteroatoms. The van der Waals surface area contributed by atoms with Gasteiger partial charge in [0.1, 0.15) is 21.7 Å². The van der Waals surface area contributed by atoms with Crippen molar-refractivity contribution in [3.63, 3.8) is 0 Å². The summed E-state index contributed by atoms with van der Waals surface area (Å²) >= 11 is 13.0. The molecule has 0 aliphatic heterocycles. The molecule has 5 N–H and O–H groups in total. The maximum Gasteiger partial charge on any atom is 0.232 e. The molecule has 0 bridgehead atoms. The second kappa shape index (κ2) is 10.7. The number of thioether (sulfide) groups is 1. The van der Waals surface area contributed by atoms with E-state index in [9.17, 15) is 4.39 Å². The fourth-order valence-electron chi connectivity index (χ4n) is 2.07. The Morgan fingerprint density at radius 3 is 2.59 bits per heavy atom. The first-order chi connectivity index (χ1) is 13.8. The third-order valence-corrected chi connectivity index (χ3v) is 4.96. The van der Waals surface area contributed by atoms with E-state index in [-0.39, 0.29) is 50.5 Å². The lowest BCUT2D eigenvalue weighted by Crippen LogP contribution is -2.31. The number of nitrogens with zero attached hydrogens (tertiary/aromatic N) is 1. The van der Waals surface area contributed by atoms with E-state index in [0.29, 0.717) is 12.2 Å². The SMILES string of the molecule is CCOc1ncc(C(=N)SC(=N)c2cc(F)c(OCC(N)CO)cc2Cl)cc1Cl. The van der Waals surface area contributed by atoms with Crippen molar-refractivity contribution >= 4 is 45.1 Å². The van der Waals surface area contributed by atoms with Crippen molar-refractivity contribution in [1.82, 2.24) is 4.98 Å². The monoisotopic (exact) mass is 460 g/mol. The van der Waals surface area contributed by atoms with Crippen molar-refractivity contribution in [3.8, 4) is 11.6 Å². The average molecular weight is 461 g/mol. The molecule has 0 amide bonds. The van der Waals surface area contributed by atoms with Crippen LogP contribution in [0.3, 0.4) is 0 Å². The van der Waals surface area contributed by atoms with Crippen molar-refractivity contribution in [3.05, 3.63) is 51.4 Å². The fourth-order valence-corrected chi connectivity index (χ4v) is 3.31. The van der Waals surface area contributed by atoms with Gasteiger partial charge in [0.05, 0.1) is 24.3 Å². The van der Waals surface area contributed by atoms with Crippen LogP contribution in [0.5, 0.6) is 11.6 Å². The lowest BCUT2D eigenvalue weighted by molar-refractivity contribution is 0.202. The van der Waals surface area contributed by atoms with Gasteiger partial charge in [-0.15, -0.1) is 0 Å². The number of hydrogen-bond donors (Lipinski definition) is 4. The van der Waals surface area contributed by atoms with Gasteiger partial charge in [-0.2, -0.15) is 0 Å². The van der Waals surface area contributed by atoms with Crippen LogP contribution in [0.25, 0.3) is 0 Å². The van der Waals surface area contributed by atoms with E-state index in [4.69, 9.17) is 54.3 Å². The highest BCUT2D eigenvalue weighted by molar-refractivity contribution is 8.27. The lowest BCUT2D eigenvalue weighted by Gasteiger charge is -2.13. The summed E-state index contributed by atoms with van der Waals surface area (Å²) < 4.78 is 24.7. The van der Waals surface area contributed by atoms with Crippen LogP contribution in [0.2, 0.25) is 10.0 Å². The Kier molecular flexibility index (Phi) is 8.66. The number of nitrogens with two attached hydrogens (primary N) is 1. The van der Waals surface area contributed by atoms with E-state index in [1.54, 1.807) is 6.92 Å². The third kappa shape index (κ3) is 6.28. The highest BCUT2D eigenvalue weighted by atomic mass is 35.5. The van der Waals surface area contributed by atoms with Crippen molar-refractivity contribution in [2.24, 2.45) is 5.73 Å². The standard InChI is InChI=1S/C18H19Cl2FN4O3S/c1-2-27-18-13(20)3-9(6-25-18)16(23)29-17(24)11-4-14(21)15(5-12(11)19)28-8-10(22)7-26/h3-6,10,23-24,26H,2,7-8,22H2,1H3. The Bertz CT molecular complexity index is 917. The summed E-state index contributed by atoms with van der Waals surface area (Å²) in [6, 6.07) is 3.13. The number of nitrogens with one attached hydrogen (secondary N) is 2. The number of pyridine rings is 1. The summed E-state index contributed by atoms with van der Waals surface area (Å²) in [6.45, 7) is 1.80. The Balaban J connectivity index is 2.13. The van der Waals surface area contributed by atoms with Crippen LogP contribution in [-0.2, 0) is 0 Å². The summed E-state index contributed by atoms with van der Waals surface area (Å²) in [4.78, 5) is 4.04. The van der Waals surface area contributed by atoms with Crippen molar-refractivity contribution in [2.75, 3.05) is 19.8 Å². The third-order valence-electron chi connectivity index (χ3n) is 3.51. The van der Waals surface area contributed by atoms with Gasteiger partial charge in [0, 0.05) is 23.4 Å². The molecule has 2 aromatic rings. The van der Waals surface area contributed by atoms with Gasteiger partial charge in [0.15, 0.2) is 11.6 Å². The molecular formula is C18H19Cl2FN4O3S. The van der Waals surface area contributed by atoms with Gasteiger partial charge in [0.25, 0.3) is 0 Å². The first kappa shape index (κ1) is 23.4. The quantitative estimate of drug-likeness (QED) is 0.351. The van der Waals surface area contributed by atoms with Crippen LogP contribution >= 0.6 is 35.0 Å². The van der Waals surface area contributed by atoms with Gasteiger partial charge < -0.3 is 20.3 Å². The van der Waals surface area contributed by atoms with Crippen LogP contribution in [0, 0.1) is 16.6 Å². The van der Waals surface area contributed by atoms with Gasteiger partial charge >= 0.3 is 0 Å². The molecule has 7 nitrogen and oxygen atoms in total. The van der Waals surface area contributed by atoms with Crippen LogP contribution in [-0.4, -0.2) is 46.0 Å². The minimum atomic E-state index is -0.739. The zero-order valence-corrected chi connectivity index (χ0v) is 17.7. The molecule has 1 aromatic carbocycles. The predicted octanol–water partition coefficient (Wildman–Crippen LogP) is 3.71. The van der Waals surface area contributed by atoms with Crippen LogP contribution in [0.15, 0.2) is 24.4 Å². The molecule has 1 unspecified atom stereocenters. The molecule has 1 heterocycles. The molecule has 0 aliphatic rings. The Hall–Kier alpha value is -1.91. The minimum absolute atomic E-state index is 0.0156. The fraction of sp³-hybridized carbons (Fsp3) is 0.278. The molecule has 0 saturated heterocycles. The molecule has 29 heavy (non-hydrogen) atoms. The van der Waals surface area contributed by atoms with Crippen LogP contribution in [0.1, 0.15) is 18.1 Å². The molecule has 0 aliphatic carbocycles. The second-order valence-electron chi connectivity index (χ2n) is 5.72. The largest absolute Gasteiger partial charge is 0.489 e. The molecule has 0 saturated carbocycles. The highest BCUT2D eigenvalue weighted by Crippen LogP contribution is 2.31. The van der Waals surface area contributed by atoms with Gasteiger partial charge in [-0.3, -0.25) is 10.8 Å². The molecule has 1 atom stereocenters. The van der Waals surface area contributed by atoms with Crippen molar-refractivity contribution in [1.29, 1.82) is 10.8 Å². The summed E-state index contributed by atoms with van der Waals surface area (Å²) in [7, 11) is 0. The number of aliphatic hydroxyl groups excluding tert-OH is 1. The number of aliphatic hydroxyl groups is 1. The number of hydrogen-bond acceptors (Lipinski definition) is 8. The highest BCUT2D eigenvalue weighted by Gasteiger charge is 2.17. The smallest absolute Gasteiger partial charge is 0.232 e. The predicted molar refractivity (Wildman–Crippen MR) is 114 cm³/mol. The minimum Gasteiger partial charge on any atom is -0.489 e. The van der Waals surface area contributed by atoms with Crippen molar-refractivity contribution < 1.29 is 19.0 Å². The average Bonchev–Trinajstić information content (AvgIpc) is 2.69. The van der Waals surface area contributed by atoms with Gasteiger partial charge in [-0.25, -0.2) is 9.37 Å². The maximum atomic E-state index is 14.3. The van der Waals surface area contributed by atoms with Gasteiger partial charge in [-0.05, 0) is 19.1 Å². The summed E-state index contributed by atoms with van der Waals surface area (Å²) in [5.74, 6) is -0.623. The number of aromatic nitrogens is 1. The zero-order valence-electron chi connectivity index (χ0n) is 15.3. The first-order valence-electron chi connectivity index (χ1n) is 8.39. The van der Waals surface area contributed by atoms with Gasteiger partial charge in [-0.1, -0.05) is 35.0 Å². The number of rotatable bonds is 8. The van der Waals surface area contributed by atoms with Crippen molar-refractivity contribution in [2.45, 2.75) is 13.0 Å². The normalized spacial score (nSPS) is 11.8. The van der Waals surface area contributed by atoms with E-state index >= 15 is 0 Å². The Morgan fingerprint density at radius 1 is 1.24 bits per heavy atom. The van der Waals surface area contributed by atoms with Crippen LogP contribution in [0.4, 0.5) is 4.39 Å². The molecule has 0 radical (unpaired) electrons. The summed E-state index contributed by atoms with van der Waals surface area (Å²) in [6.07, 6.45) is 1.41. The maximum absolute atomic E-state index is 14.3. The summed E-state index contributed by atoms with van der Waals surface area (Å²) in [5, 5.41) is 25.4. The van der Waals surface area contributed by atoms with E-state index in [0.717, 1.165) is 17.8 Å². The zero-order chi connectivity index (χ0) is 21.6. The second-order valence-corrected chi connectivity index (χ2v) is 7.56. The van der Waals surface area contributed by atoms with E-state index < -0.39 is 11.9 Å². The van der Waals surface area contributed by atoms with Gasteiger partial charge in [0.2, 0.25) is 5.88 Å². The summed E-state index contributed by atoms with van der Waals surface area (Å²) in [5.41, 5.74) is 6.00. The molecule has 0 spiro atoms. The molecule has 156 valence electrons. The first-order valence-corrected chi connectivity index (χ1v) is 9.96. The van der Waals surface area contributed by atoms with E-state index in [1.165, 1.54) is 18.3 Å². The number of benzene rings is 1. The van der Waals surface area contributed by atoms with E-state index in [2.05, 4.69) is 4.98 Å². The topological polar surface area (TPSA) is 125 Å². The van der Waals surface area contributed by atoms with Crippen LogP contribution < -0.4 is 15.2 Å². The lowest BCUT2D eigenvalue weighted by atomic mass is 10.2. The molecule has 2 rings (SSSR count). The molecule has 1 aromatic heterocycles.